The summed E-state index contributed by atoms with van der Waals surface area (Å²) in [6.45, 7) is 7.04. The van der Waals surface area contributed by atoms with Crippen molar-refractivity contribution in [2.75, 3.05) is 31.5 Å². The zero-order valence-corrected chi connectivity index (χ0v) is 14.6. The number of aryl methyl sites for hydroxylation is 1. The topological polar surface area (TPSA) is 52.7 Å². The molecule has 130 valence electrons. The molecule has 0 radical (unpaired) electrons. The molecule has 0 aliphatic carbocycles. The Kier molecular flexibility index (Phi) is 5.19. The molecule has 2 aliphatic heterocycles. The van der Waals surface area contributed by atoms with Crippen LogP contribution in [0.4, 0.5) is 5.69 Å². The van der Waals surface area contributed by atoms with E-state index in [1.165, 1.54) is 5.56 Å². The highest BCUT2D eigenvalue weighted by Crippen LogP contribution is 2.24. The SMILES string of the molecule is CC(C)C(=O)N1CCCN(C2CCc3ccccc3NC2=O)CC1. The van der Waals surface area contributed by atoms with Crippen LogP contribution in [0.5, 0.6) is 0 Å². The molecule has 3 rings (SSSR count). The first kappa shape index (κ1) is 17.0. The number of carbonyl (C=O) groups is 2. The summed E-state index contributed by atoms with van der Waals surface area (Å²) >= 11 is 0. The van der Waals surface area contributed by atoms with E-state index in [4.69, 9.17) is 0 Å². The van der Waals surface area contributed by atoms with Gasteiger partial charge in [-0.1, -0.05) is 32.0 Å². The summed E-state index contributed by atoms with van der Waals surface area (Å²) < 4.78 is 0. The Morgan fingerprint density at radius 2 is 1.96 bits per heavy atom. The molecular formula is C19H27N3O2. The first-order valence-corrected chi connectivity index (χ1v) is 8.98. The van der Waals surface area contributed by atoms with Crippen molar-refractivity contribution < 1.29 is 9.59 Å². The molecule has 2 amide bonds. The maximum atomic E-state index is 12.7. The van der Waals surface area contributed by atoms with Crippen molar-refractivity contribution >= 4 is 17.5 Å². The van der Waals surface area contributed by atoms with Crippen LogP contribution in [0, 0.1) is 5.92 Å². The second-order valence-electron chi connectivity index (χ2n) is 7.07. The van der Waals surface area contributed by atoms with Gasteiger partial charge in [0.25, 0.3) is 0 Å². The van der Waals surface area contributed by atoms with Crippen molar-refractivity contribution in [3.05, 3.63) is 29.8 Å². The fraction of sp³-hybridized carbons (Fsp3) is 0.579. The third-order valence-electron chi connectivity index (χ3n) is 5.04. The Morgan fingerprint density at radius 1 is 1.17 bits per heavy atom. The van der Waals surface area contributed by atoms with Gasteiger partial charge in [-0.2, -0.15) is 0 Å². The molecule has 5 heteroatoms. The number of carbonyl (C=O) groups excluding carboxylic acids is 2. The van der Waals surface area contributed by atoms with Gasteiger partial charge in [0.2, 0.25) is 11.8 Å². The molecule has 0 bridgehead atoms. The average molecular weight is 329 g/mol. The number of hydrogen-bond acceptors (Lipinski definition) is 3. The van der Waals surface area contributed by atoms with Crippen LogP contribution in [0.1, 0.15) is 32.3 Å². The van der Waals surface area contributed by atoms with E-state index in [1.807, 2.05) is 36.9 Å². The largest absolute Gasteiger partial charge is 0.341 e. The number of anilines is 1. The molecular weight excluding hydrogens is 302 g/mol. The normalized spacial score (nSPS) is 22.5. The summed E-state index contributed by atoms with van der Waals surface area (Å²) in [5.41, 5.74) is 2.15. The monoisotopic (exact) mass is 329 g/mol. The molecule has 5 nitrogen and oxygen atoms in total. The van der Waals surface area contributed by atoms with Gasteiger partial charge >= 0.3 is 0 Å². The highest BCUT2D eigenvalue weighted by molar-refractivity contribution is 5.96. The number of fused-ring (bicyclic) bond motifs is 1. The Labute approximate surface area is 144 Å². The summed E-state index contributed by atoms with van der Waals surface area (Å²) in [6.07, 6.45) is 2.67. The Hall–Kier alpha value is -1.88. The van der Waals surface area contributed by atoms with Gasteiger partial charge in [-0.05, 0) is 30.9 Å². The van der Waals surface area contributed by atoms with Crippen LogP contribution < -0.4 is 5.32 Å². The van der Waals surface area contributed by atoms with Crippen molar-refractivity contribution in [1.82, 2.24) is 9.80 Å². The Balaban J connectivity index is 1.67. The number of nitrogens with zero attached hydrogens (tertiary/aromatic N) is 2. The quantitative estimate of drug-likeness (QED) is 0.904. The molecule has 1 N–H and O–H groups in total. The van der Waals surface area contributed by atoms with E-state index in [9.17, 15) is 9.59 Å². The van der Waals surface area contributed by atoms with Crippen LogP contribution in [0.3, 0.4) is 0 Å². The minimum atomic E-state index is -0.105. The zero-order valence-electron chi connectivity index (χ0n) is 14.6. The van der Waals surface area contributed by atoms with Crippen molar-refractivity contribution in [3.8, 4) is 0 Å². The van der Waals surface area contributed by atoms with E-state index >= 15 is 0 Å². The van der Waals surface area contributed by atoms with Crippen LogP contribution in [0.15, 0.2) is 24.3 Å². The second kappa shape index (κ2) is 7.34. The first-order chi connectivity index (χ1) is 11.6. The lowest BCUT2D eigenvalue weighted by molar-refractivity contribution is -0.134. The van der Waals surface area contributed by atoms with Gasteiger partial charge in [-0.15, -0.1) is 0 Å². The second-order valence-corrected chi connectivity index (χ2v) is 7.07. The van der Waals surface area contributed by atoms with E-state index in [2.05, 4.69) is 16.3 Å². The van der Waals surface area contributed by atoms with Gasteiger partial charge in [-0.3, -0.25) is 14.5 Å². The van der Waals surface area contributed by atoms with Crippen molar-refractivity contribution in [2.45, 2.75) is 39.2 Å². The van der Waals surface area contributed by atoms with Gasteiger partial charge < -0.3 is 10.2 Å². The average Bonchev–Trinajstić information content (AvgIpc) is 2.90. The highest BCUT2D eigenvalue weighted by Gasteiger charge is 2.31. The fourth-order valence-electron chi connectivity index (χ4n) is 3.68. The maximum absolute atomic E-state index is 12.7. The molecule has 1 aromatic carbocycles. The van der Waals surface area contributed by atoms with Crippen LogP contribution >= 0.6 is 0 Å². The number of nitrogens with one attached hydrogen (secondary N) is 1. The molecule has 24 heavy (non-hydrogen) atoms. The third-order valence-corrected chi connectivity index (χ3v) is 5.04. The lowest BCUT2D eigenvalue weighted by atomic mass is 10.0. The summed E-state index contributed by atoms with van der Waals surface area (Å²) in [4.78, 5) is 29.1. The summed E-state index contributed by atoms with van der Waals surface area (Å²) in [5.74, 6) is 0.338. The first-order valence-electron chi connectivity index (χ1n) is 8.98. The smallest absolute Gasteiger partial charge is 0.241 e. The van der Waals surface area contributed by atoms with Crippen molar-refractivity contribution in [3.63, 3.8) is 0 Å². The highest BCUT2D eigenvalue weighted by atomic mass is 16.2. The lowest BCUT2D eigenvalue weighted by Crippen LogP contribution is -2.45. The van der Waals surface area contributed by atoms with E-state index in [0.717, 1.165) is 44.6 Å². The minimum absolute atomic E-state index is 0.0345. The predicted octanol–water partition coefficient (Wildman–Crippen LogP) is 2.13. The van der Waals surface area contributed by atoms with E-state index < -0.39 is 0 Å². The molecule has 1 unspecified atom stereocenters. The molecule has 1 atom stereocenters. The van der Waals surface area contributed by atoms with Crippen LogP contribution in [0.25, 0.3) is 0 Å². The number of amides is 2. The molecule has 2 aliphatic rings. The van der Waals surface area contributed by atoms with Gasteiger partial charge in [0.1, 0.15) is 0 Å². The van der Waals surface area contributed by atoms with Crippen LogP contribution in [-0.2, 0) is 16.0 Å². The van der Waals surface area contributed by atoms with Gasteiger partial charge in [-0.25, -0.2) is 0 Å². The Bertz CT molecular complexity index is 614. The molecule has 1 saturated heterocycles. The van der Waals surface area contributed by atoms with E-state index in [-0.39, 0.29) is 23.8 Å². The molecule has 2 heterocycles. The Morgan fingerprint density at radius 3 is 2.75 bits per heavy atom. The van der Waals surface area contributed by atoms with E-state index in [0.29, 0.717) is 6.54 Å². The van der Waals surface area contributed by atoms with Gasteiger partial charge in [0, 0.05) is 37.8 Å². The molecule has 0 aromatic heterocycles. The standard InChI is InChI=1S/C19H27N3O2/c1-14(2)19(24)22-11-5-10-21(12-13-22)17-9-8-15-6-3-4-7-16(15)20-18(17)23/h3-4,6-7,14,17H,5,8-13H2,1-2H3,(H,20,23). The molecule has 0 saturated carbocycles. The van der Waals surface area contributed by atoms with Crippen molar-refractivity contribution in [2.24, 2.45) is 5.92 Å². The minimum Gasteiger partial charge on any atom is -0.341 e. The number of benzene rings is 1. The van der Waals surface area contributed by atoms with E-state index in [1.54, 1.807) is 0 Å². The van der Waals surface area contributed by atoms with Crippen LogP contribution in [0.2, 0.25) is 0 Å². The maximum Gasteiger partial charge on any atom is 0.241 e. The molecule has 1 aromatic rings. The number of para-hydroxylation sites is 1. The zero-order chi connectivity index (χ0) is 17.1. The summed E-state index contributed by atoms with van der Waals surface area (Å²) in [5, 5.41) is 3.08. The molecule has 0 spiro atoms. The van der Waals surface area contributed by atoms with Crippen LogP contribution in [-0.4, -0.2) is 53.8 Å². The van der Waals surface area contributed by atoms with Crippen molar-refractivity contribution in [1.29, 1.82) is 0 Å². The summed E-state index contributed by atoms with van der Waals surface area (Å²) in [7, 11) is 0. The number of hydrogen-bond donors (Lipinski definition) is 1. The summed E-state index contributed by atoms with van der Waals surface area (Å²) in [6, 6.07) is 7.93. The molecule has 1 fully saturated rings. The van der Waals surface area contributed by atoms with Gasteiger partial charge in [0.05, 0.1) is 6.04 Å². The van der Waals surface area contributed by atoms with Gasteiger partial charge in [0.15, 0.2) is 0 Å². The lowest BCUT2D eigenvalue weighted by Gasteiger charge is -2.28. The number of rotatable bonds is 2. The fourth-order valence-corrected chi connectivity index (χ4v) is 3.68. The third kappa shape index (κ3) is 3.61. The predicted molar refractivity (Wildman–Crippen MR) is 94.8 cm³/mol.